The van der Waals surface area contributed by atoms with Gasteiger partial charge in [0.1, 0.15) is 0 Å². The molecule has 0 atom stereocenters. The van der Waals surface area contributed by atoms with E-state index < -0.39 is 5.97 Å². The fourth-order valence-corrected chi connectivity index (χ4v) is 3.11. The second kappa shape index (κ2) is 7.65. The largest absolute Gasteiger partial charge is 0.481 e. The molecule has 7 nitrogen and oxygen atoms in total. The van der Waals surface area contributed by atoms with Crippen LogP contribution in [-0.4, -0.2) is 57.9 Å². The summed E-state index contributed by atoms with van der Waals surface area (Å²) in [6.45, 7) is 4.43. The maximum absolute atomic E-state index is 10.7. The van der Waals surface area contributed by atoms with Crippen LogP contribution in [0.4, 0.5) is 5.95 Å². The van der Waals surface area contributed by atoms with E-state index in [-0.39, 0.29) is 5.75 Å². The number of thioether (sulfide) groups is 1. The van der Waals surface area contributed by atoms with Gasteiger partial charge in [-0.15, -0.1) is 10.2 Å². The number of hydrogen-bond acceptors (Lipinski definition) is 6. The predicted molar refractivity (Wildman–Crippen MR) is 80.9 cm³/mol. The zero-order valence-corrected chi connectivity index (χ0v) is 13.3. The molecule has 1 fully saturated rings. The van der Waals surface area contributed by atoms with Gasteiger partial charge in [0.15, 0.2) is 5.16 Å². The summed E-state index contributed by atoms with van der Waals surface area (Å²) < 4.78 is 7.41. The van der Waals surface area contributed by atoms with Crippen LogP contribution in [0.25, 0.3) is 0 Å². The van der Waals surface area contributed by atoms with Gasteiger partial charge in [-0.3, -0.25) is 9.36 Å². The van der Waals surface area contributed by atoms with Crippen molar-refractivity contribution in [2.24, 2.45) is 0 Å². The lowest BCUT2D eigenvalue weighted by Gasteiger charge is -2.31. The van der Waals surface area contributed by atoms with E-state index >= 15 is 0 Å². The molecule has 2 rings (SSSR count). The van der Waals surface area contributed by atoms with Crippen molar-refractivity contribution in [2.75, 3.05) is 30.9 Å². The van der Waals surface area contributed by atoms with Gasteiger partial charge in [-0.25, -0.2) is 0 Å². The molecule has 2 heterocycles. The summed E-state index contributed by atoms with van der Waals surface area (Å²) in [5.41, 5.74) is 0. The Balaban J connectivity index is 2.15. The Morgan fingerprint density at radius 1 is 1.48 bits per heavy atom. The van der Waals surface area contributed by atoms with Crippen LogP contribution < -0.4 is 4.90 Å². The van der Waals surface area contributed by atoms with Crippen molar-refractivity contribution in [2.45, 2.75) is 43.9 Å². The molecule has 21 heavy (non-hydrogen) atoms. The Hall–Kier alpha value is -1.28. The average molecular weight is 314 g/mol. The van der Waals surface area contributed by atoms with E-state index in [0.717, 1.165) is 45.0 Å². The number of hydrogen-bond donors (Lipinski definition) is 1. The van der Waals surface area contributed by atoms with Crippen LogP contribution in [0.1, 0.15) is 26.2 Å². The van der Waals surface area contributed by atoms with Gasteiger partial charge in [-0.2, -0.15) is 0 Å². The molecule has 8 heteroatoms. The molecule has 0 unspecified atom stereocenters. The van der Waals surface area contributed by atoms with Crippen LogP contribution in [0, 0.1) is 0 Å². The molecule has 0 saturated carbocycles. The summed E-state index contributed by atoms with van der Waals surface area (Å²) in [6.07, 6.45) is 2.91. The minimum atomic E-state index is -0.842. The first-order valence-corrected chi connectivity index (χ1v) is 8.20. The zero-order valence-electron chi connectivity index (χ0n) is 12.5. The average Bonchev–Trinajstić information content (AvgIpc) is 2.88. The summed E-state index contributed by atoms with van der Waals surface area (Å²) in [7, 11) is 2.03. The first-order valence-electron chi connectivity index (χ1n) is 7.21. The number of carboxylic acid groups (broad SMARTS) is 1. The van der Waals surface area contributed by atoms with Crippen molar-refractivity contribution in [1.82, 2.24) is 14.8 Å². The molecule has 1 aromatic heterocycles. The Labute approximate surface area is 128 Å². The van der Waals surface area contributed by atoms with Crippen LogP contribution >= 0.6 is 11.8 Å². The Bertz CT molecular complexity index is 474. The third kappa shape index (κ3) is 4.10. The van der Waals surface area contributed by atoms with Crippen molar-refractivity contribution in [3.8, 4) is 0 Å². The number of carboxylic acids is 1. The van der Waals surface area contributed by atoms with Crippen molar-refractivity contribution in [3.05, 3.63) is 0 Å². The quantitative estimate of drug-likeness (QED) is 0.763. The van der Waals surface area contributed by atoms with Gasteiger partial charge in [0, 0.05) is 32.8 Å². The molecule has 0 spiro atoms. The monoisotopic (exact) mass is 314 g/mol. The maximum Gasteiger partial charge on any atom is 0.313 e. The second-order valence-electron chi connectivity index (χ2n) is 5.07. The van der Waals surface area contributed by atoms with Crippen molar-refractivity contribution < 1.29 is 14.6 Å². The van der Waals surface area contributed by atoms with Crippen LogP contribution in [0.3, 0.4) is 0 Å². The summed E-state index contributed by atoms with van der Waals surface area (Å²) in [6, 6.07) is 0.399. The molecule has 0 bridgehead atoms. The topological polar surface area (TPSA) is 80.5 Å². The predicted octanol–water partition coefficient (Wildman–Crippen LogP) is 1.48. The van der Waals surface area contributed by atoms with Crippen molar-refractivity contribution >= 4 is 23.7 Å². The van der Waals surface area contributed by atoms with Gasteiger partial charge >= 0.3 is 5.97 Å². The Kier molecular flexibility index (Phi) is 5.86. The lowest BCUT2D eigenvalue weighted by Crippen LogP contribution is -2.38. The molecule has 0 amide bonds. The third-order valence-corrected chi connectivity index (χ3v) is 4.47. The molecule has 1 aromatic rings. The van der Waals surface area contributed by atoms with Crippen molar-refractivity contribution in [3.63, 3.8) is 0 Å². The van der Waals surface area contributed by atoms with Gasteiger partial charge in [0.25, 0.3) is 0 Å². The number of nitrogens with zero attached hydrogens (tertiary/aromatic N) is 4. The fraction of sp³-hybridized carbons (Fsp3) is 0.769. The first-order chi connectivity index (χ1) is 10.1. The smallest absolute Gasteiger partial charge is 0.313 e. The summed E-state index contributed by atoms with van der Waals surface area (Å²) in [4.78, 5) is 12.9. The molecular formula is C13H22N4O3S. The lowest BCUT2D eigenvalue weighted by atomic mass is 10.1. The van der Waals surface area contributed by atoms with Crippen LogP contribution in [0.2, 0.25) is 0 Å². The third-order valence-electron chi connectivity index (χ3n) is 3.52. The highest BCUT2D eigenvalue weighted by molar-refractivity contribution is 7.99. The van der Waals surface area contributed by atoms with E-state index in [2.05, 4.69) is 22.0 Å². The highest BCUT2D eigenvalue weighted by Crippen LogP contribution is 2.25. The Morgan fingerprint density at radius 3 is 2.81 bits per heavy atom. The first kappa shape index (κ1) is 16.1. The van der Waals surface area contributed by atoms with E-state index in [1.165, 1.54) is 11.8 Å². The van der Waals surface area contributed by atoms with Gasteiger partial charge in [0.05, 0.1) is 5.75 Å². The standard InChI is InChI=1S/C13H22N4O3S/c1-3-6-17-12(14-15-13(17)21-9-11(18)19)16(2)10-4-7-20-8-5-10/h10H,3-9H2,1-2H3,(H,18,19). The van der Waals surface area contributed by atoms with E-state index in [4.69, 9.17) is 9.84 Å². The summed E-state index contributed by atoms with van der Waals surface area (Å²) >= 11 is 1.22. The van der Waals surface area contributed by atoms with Gasteiger partial charge in [-0.1, -0.05) is 18.7 Å². The normalized spacial score (nSPS) is 16.1. The lowest BCUT2D eigenvalue weighted by molar-refractivity contribution is -0.133. The molecule has 1 N–H and O–H groups in total. The van der Waals surface area contributed by atoms with E-state index in [1.54, 1.807) is 0 Å². The molecule has 0 aliphatic carbocycles. The van der Waals surface area contributed by atoms with E-state index in [9.17, 15) is 4.79 Å². The maximum atomic E-state index is 10.7. The highest BCUT2D eigenvalue weighted by atomic mass is 32.2. The number of carbonyl (C=O) groups is 1. The van der Waals surface area contributed by atoms with Gasteiger partial charge in [-0.05, 0) is 19.3 Å². The van der Waals surface area contributed by atoms with Crippen LogP contribution in [0.5, 0.6) is 0 Å². The van der Waals surface area contributed by atoms with E-state index in [1.807, 2.05) is 11.6 Å². The van der Waals surface area contributed by atoms with Crippen LogP contribution in [0.15, 0.2) is 5.16 Å². The van der Waals surface area contributed by atoms with Crippen molar-refractivity contribution in [1.29, 1.82) is 0 Å². The number of anilines is 1. The SMILES string of the molecule is CCCn1c(SCC(=O)O)nnc1N(C)C1CCOCC1. The Morgan fingerprint density at radius 2 is 2.19 bits per heavy atom. The summed E-state index contributed by atoms with van der Waals surface area (Å²) in [5.74, 6) is -0.0231. The fourth-order valence-electron chi connectivity index (χ4n) is 2.43. The highest BCUT2D eigenvalue weighted by Gasteiger charge is 2.24. The molecular weight excluding hydrogens is 292 g/mol. The molecule has 1 aliphatic heterocycles. The van der Waals surface area contributed by atoms with E-state index in [0.29, 0.717) is 11.2 Å². The minimum Gasteiger partial charge on any atom is -0.481 e. The number of aliphatic carboxylic acids is 1. The number of ether oxygens (including phenoxy) is 1. The molecule has 1 aliphatic rings. The minimum absolute atomic E-state index is 0.00281. The second-order valence-corrected chi connectivity index (χ2v) is 6.01. The number of aromatic nitrogens is 3. The summed E-state index contributed by atoms with van der Waals surface area (Å²) in [5, 5.41) is 17.9. The molecule has 1 saturated heterocycles. The number of rotatable bonds is 7. The molecule has 0 radical (unpaired) electrons. The zero-order chi connectivity index (χ0) is 15.2. The van der Waals surface area contributed by atoms with Crippen LogP contribution in [-0.2, 0) is 16.1 Å². The van der Waals surface area contributed by atoms with Gasteiger partial charge < -0.3 is 14.7 Å². The molecule has 118 valence electrons. The van der Waals surface area contributed by atoms with Gasteiger partial charge in [0.2, 0.25) is 5.95 Å². The molecule has 0 aromatic carbocycles.